The van der Waals surface area contributed by atoms with E-state index in [1.807, 2.05) is 0 Å². The lowest BCUT2D eigenvalue weighted by atomic mass is 10.1. The van der Waals surface area contributed by atoms with Gasteiger partial charge in [0.25, 0.3) is 10.1 Å². The molecule has 1 atom stereocenters. The maximum absolute atomic E-state index is 12.3. The zero-order valence-corrected chi connectivity index (χ0v) is 10.1. The van der Waals surface area contributed by atoms with Gasteiger partial charge in [-0.1, -0.05) is 12.1 Å². The number of carbonyl (C=O) groups is 1. The van der Waals surface area contributed by atoms with Crippen LogP contribution in [0.3, 0.4) is 0 Å². The fourth-order valence-electron chi connectivity index (χ4n) is 1.27. The Labute approximate surface area is 105 Å². The Morgan fingerprint density at radius 2 is 1.67 bits per heavy atom. The van der Waals surface area contributed by atoms with Gasteiger partial charge in [0.1, 0.15) is 0 Å². The van der Waals surface area contributed by atoms with Crippen LogP contribution in [0.2, 0.25) is 0 Å². The van der Waals surface area contributed by atoms with Crippen molar-refractivity contribution in [3.63, 3.8) is 0 Å². The Morgan fingerprint density at radius 1 is 1.22 bits per heavy atom. The molecule has 0 amide bonds. The lowest BCUT2D eigenvalue weighted by molar-refractivity contribution is -0.137. The van der Waals surface area contributed by atoms with Gasteiger partial charge in [-0.15, -0.1) is 0 Å². The van der Waals surface area contributed by atoms with Crippen molar-refractivity contribution in [1.29, 1.82) is 0 Å². The number of benzene rings is 1. The monoisotopic (exact) mass is 302 g/mol. The van der Waals surface area contributed by atoms with E-state index in [0.29, 0.717) is 12.1 Å². The van der Waals surface area contributed by atoms with Gasteiger partial charge in [-0.25, -0.2) is 0 Å². The molecule has 1 aromatic rings. The van der Waals surface area contributed by atoms with E-state index < -0.39 is 32.4 Å². The molecule has 0 fully saturated rings. The molecule has 9 heteroatoms. The zero-order valence-electron chi connectivity index (χ0n) is 8.48. The van der Waals surface area contributed by atoms with E-state index in [1.165, 1.54) is 0 Å². The minimum absolute atomic E-state index is 0.342. The molecule has 0 aliphatic heterocycles. The molecule has 1 rings (SSSR count). The van der Waals surface area contributed by atoms with Gasteiger partial charge >= 0.3 is 6.18 Å². The minimum Gasteiger partial charge on any atom is -0.285 e. The Bertz CT molecular complexity index is 550. The molecule has 4 nitrogen and oxygen atoms in total. The quantitative estimate of drug-likeness (QED) is 0.687. The average Bonchev–Trinajstić information content (AvgIpc) is 2.13. The van der Waals surface area contributed by atoms with Crippen LogP contribution in [0.15, 0.2) is 24.3 Å². The molecule has 0 bridgehead atoms. The predicted molar refractivity (Wildman–Crippen MR) is 56.6 cm³/mol. The van der Waals surface area contributed by atoms with Gasteiger partial charge in [0.2, 0.25) is 5.24 Å². The summed E-state index contributed by atoms with van der Waals surface area (Å²) in [5, 5.41) is -3.50. The first-order chi connectivity index (χ1) is 8.03. The number of alkyl halides is 3. The molecule has 100 valence electrons. The topological polar surface area (TPSA) is 71.4 Å². The highest BCUT2D eigenvalue weighted by atomic mass is 35.5. The van der Waals surface area contributed by atoms with Crippen LogP contribution in [-0.4, -0.2) is 18.2 Å². The third-order valence-electron chi connectivity index (χ3n) is 2.04. The fourth-order valence-corrected chi connectivity index (χ4v) is 2.47. The SMILES string of the molecule is O=C(Cl)C(c1ccc(C(F)(F)F)cc1)S(=O)(=O)O. The van der Waals surface area contributed by atoms with E-state index in [-0.39, 0.29) is 5.56 Å². The predicted octanol–water partition coefficient (Wildman–Crippen LogP) is 2.40. The third kappa shape index (κ3) is 3.44. The van der Waals surface area contributed by atoms with Crippen molar-refractivity contribution >= 4 is 27.0 Å². The van der Waals surface area contributed by atoms with Crippen molar-refractivity contribution in [2.24, 2.45) is 0 Å². The second-order valence-corrected chi connectivity index (χ2v) is 5.19. The second-order valence-electron chi connectivity index (χ2n) is 3.32. The second kappa shape index (κ2) is 4.87. The van der Waals surface area contributed by atoms with Crippen LogP contribution in [-0.2, 0) is 21.1 Å². The summed E-state index contributed by atoms with van der Waals surface area (Å²) in [5.74, 6) is 0. The molecule has 0 spiro atoms. The number of hydrogen-bond acceptors (Lipinski definition) is 3. The van der Waals surface area contributed by atoms with Crippen LogP contribution in [0.25, 0.3) is 0 Å². The maximum atomic E-state index is 12.3. The van der Waals surface area contributed by atoms with Crippen LogP contribution in [0.1, 0.15) is 16.4 Å². The first kappa shape index (κ1) is 14.9. The standard InChI is InChI=1S/C9H6ClF3O4S/c10-8(14)7(18(15,16)17)5-1-3-6(4-2-5)9(11,12)13/h1-4,7H,(H,15,16,17). The molecule has 1 aromatic carbocycles. The van der Waals surface area contributed by atoms with E-state index in [9.17, 15) is 26.4 Å². The summed E-state index contributed by atoms with van der Waals surface area (Å²) in [6, 6.07) is 2.71. The highest BCUT2D eigenvalue weighted by molar-refractivity contribution is 7.87. The Hall–Kier alpha value is -1.12. The summed E-state index contributed by atoms with van der Waals surface area (Å²) < 4.78 is 67.3. The molecule has 0 aromatic heterocycles. The largest absolute Gasteiger partial charge is 0.416 e. The first-order valence-electron chi connectivity index (χ1n) is 4.36. The van der Waals surface area contributed by atoms with Gasteiger partial charge in [-0.3, -0.25) is 9.35 Å². The highest BCUT2D eigenvalue weighted by Gasteiger charge is 2.34. The van der Waals surface area contributed by atoms with Crippen LogP contribution >= 0.6 is 11.6 Å². The third-order valence-corrected chi connectivity index (χ3v) is 3.47. The number of rotatable bonds is 3. The van der Waals surface area contributed by atoms with Crippen molar-refractivity contribution in [2.75, 3.05) is 0 Å². The summed E-state index contributed by atoms with van der Waals surface area (Å²) in [6.45, 7) is 0. The summed E-state index contributed by atoms with van der Waals surface area (Å²) >= 11 is 4.99. The Kier molecular flexibility index (Phi) is 4.04. The molecule has 0 radical (unpaired) electrons. The fraction of sp³-hybridized carbons (Fsp3) is 0.222. The van der Waals surface area contributed by atoms with Gasteiger partial charge in [-0.05, 0) is 29.3 Å². The highest BCUT2D eigenvalue weighted by Crippen LogP contribution is 2.31. The first-order valence-corrected chi connectivity index (χ1v) is 6.24. The number of halogens is 4. The molecular weight excluding hydrogens is 297 g/mol. The minimum atomic E-state index is -4.83. The van der Waals surface area contributed by atoms with E-state index in [2.05, 4.69) is 0 Å². The molecule has 18 heavy (non-hydrogen) atoms. The zero-order chi connectivity index (χ0) is 14.1. The van der Waals surface area contributed by atoms with Crippen LogP contribution in [0.5, 0.6) is 0 Å². The molecule has 0 heterocycles. The molecular formula is C9H6ClF3O4S. The van der Waals surface area contributed by atoms with E-state index in [4.69, 9.17) is 16.2 Å². The van der Waals surface area contributed by atoms with Gasteiger partial charge in [-0.2, -0.15) is 21.6 Å². The van der Waals surface area contributed by atoms with Crippen LogP contribution in [0.4, 0.5) is 13.2 Å². The van der Waals surface area contributed by atoms with E-state index in [0.717, 1.165) is 12.1 Å². The molecule has 0 saturated heterocycles. The van der Waals surface area contributed by atoms with Crippen molar-refractivity contribution < 1.29 is 30.9 Å². The summed E-state index contributed by atoms with van der Waals surface area (Å²) in [4.78, 5) is 10.9. The maximum Gasteiger partial charge on any atom is 0.416 e. The molecule has 0 aliphatic rings. The van der Waals surface area contributed by atoms with Crippen LogP contribution < -0.4 is 0 Å². The average molecular weight is 303 g/mol. The molecule has 1 N–H and O–H groups in total. The van der Waals surface area contributed by atoms with Crippen molar-refractivity contribution in [1.82, 2.24) is 0 Å². The van der Waals surface area contributed by atoms with E-state index >= 15 is 0 Å². The van der Waals surface area contributed by atoms with Crippen LogP contribution in [0, 0.1) is 0 Å². The summed E-state index contributed by atoms with van der Waals surface area (Å²) in [5.41, 5.74) is -1.35. The smallest absolute Gasteiger partial charge is 0.285 e. The molecule has 1 unspecified atom stereocenters. The normalized spacial score (nSPS) is 14.3. The van der Waals surface area contributed by atoms with Gasteiger partial charge in [0.15, 0.2) is 5.25 Å². The van der Waals surface area contributed by atoms with Gasteiger partial charge in [0, 0.05) is 0 Å². The Balaban J connectivity index is 3.22. The lowest BCUT2D eigenvalue weighted by Crippen LogP contribution is -2.18. The van der Waals surface area contributed by atoms with Gasteiger partial charge in [0.05, 0.1) is 5.56 Å². The van der Waals surface area contributed by atoms with Crippen molar-refractivity contribution in [2.45, 2.75) is 11.4 Å². The van der Waals surface area contributed by atoms with Crippen molar-refractivity contribution in [3.8, 4) is 0 Å². The van der Waals surface area contributed by atoms with Gasteiger partial charge < -0.3 is 0 Å². The molecule has 0 saturated carbocycles. The number of carbonyl (C=O) groups excluding carboxylic acids is 1. The Morgan fingerprint density at radius 3 is 1.94 bits per heavy atom. The molecule has 0 aliphatic carbocycles. The lowest BCUT2D eigenvalue weighted by Gasteiger charge is -2.11. The number of hydrogen-bond donors (Lipinski definition) is 1. The summed E-state index contributed by atoms with van der Waals surface area (Å²) in [6.07, 6.45) is -4.59. The van der Waals surface area contributed by atoms with E-state index in [1.54, 1.807) is 0 Å². The summed E-state index contributed by atoms with van der Waals surface area (Å²) in [7, 11) is -4.83. The van der Waals surface area contributed by atoms with Crippen molar-refractivity contribution in [3.05, 3.63) is 35.4 Å².